The molecule has 2 atom stereocenters. The summed E-state index contributed by atoms with van der Waals surface area (Å²) in [6.07, 6.45) is 6.82. The van der Waals surface area contributed by atoms with Gasteiger partial charge >= 0.3 is 11.9 Å². The normalized spacial score (nSPS) is 23.6. The number of aromatic nitrogens is 1. The number of fused-ring (bicyclic) bond motifs is 1. The molecule has 3 fully saturated rings. The van der Waals surface area contributed by atoms with Crippen molar-refractivity contribution >= 4 is 22.9 Å². The summed E-state index contributed by atoms with van der Waals surface area (Å²) in [7, 11) is 1.75. The maximum Gasteiger partial charge on any atom is 0.414 e. The first-order valence-corrected chi connectivity index (χ1v) is 13.5. The fraction of sp³-hybridized carbons (Fsp3) is 0.667. The van der Waals surface area contributed by atoms with Crippen LogP contribution in [0.1, 0.15) is 44.9 Å². The predicted molar refractivity (Wildman–Crippen MR) is 138 cm³/mol. The summed E-state index contributed by atoms with van der Waals surface area (Å²) < 4.78 is 29.0. The van der Waals surface area contributed by atoms with E-state index in [2.05, 4.69) is 10.1 Å². The van der Waals surface area contributed by atoms with Gasteiger partial charge in [-0.25, -0.2) is 9.59 Å². The lowest BCUT2D eigenvalue weighted by molar-refractivity contribution is -0.159. The van der Waals surface area contributed by atoms with E-state index in [1.807, 2.05) is 18.2 Å². The fourth-order valence-corrected chi connectivity index (χ4v) is 5.42. The fourth-order valence-electron chi connectivity index (χ4n) is 5.42. The number of aliphatic carboxylic acids is 2. The van der Waals surface area contributed by atoms with E-state index < -0.39 is 17.5 Å². The molecule has 3 N–H and O–H groups in total. The minimum atomic E-state index is -1.82. The van der Waals surface area contributed by atoms with E-state index in [0.29, 0.717) is 37.2 Å². The van der Waals surface area contributed by atoms with E-state index in [1.165, 1.54) is 0 Å². The van der Waals surface area contributed by atoms with E-state index in [1.54, 1.807) is 7.11 Å². The Balaban J connectivity index is 0.000000531. The van der Waals surface area contributed by atoms with Gasteiger partial charge in [0.2, 0.25) is 0 Å². The zero-order chi connectivity index (χ0) is 27.8. The van der Waals surface area contributed by atoms with Crippen molar-refractivity contribution in [1.82, 2.24) is 10.1 Å². The average Bonchev–Trinajstić information content (AvgIpc) is 3.56. The highest BCUT2D eigenvalue weighted by molar-refractivity contribution is 6.27. The smallest absolute Gasteiger partial charge is 0.414 e. The van der Waals surface area contributed by atoms with Gasteiger partial charge in [0, 0.05) is 39.7 Å². The first-order chi connectivity index (χ1) is 18.8. The Morgan fingerprint density at radius 1 is 1.08 bits per heavy atom. The number of β-amino-alcohol motifs (C(OH)–C–C–N with tert-alkyl or cyclic N) is 1. The minimum absolute atomic E-state index is 0.0400. The number of carbonyl (C=O) groups is 2. The Hall–Kier alpha value is -2.93. The van der Waals surface area contributed by atoms with Crippen molar-refractivity contribution in [3.05, 3.63) is 18.2 Å². The van der Waals surface area contributed by atoms with Gasteiger partial charge in [0.1, 0.15) is 17.2 Å². The van der Waals surface area contributed by atoms with Crippen molar-refractivity contribution in [2.45, 2.75) is 62.8 Å². The number of hydrogen-bond donors (Lipinski definition) is 3. The Kier molecular flexibility index (Phi) is 10.0. The van der Waals surface area contributed by atoms with Gasteiger partial charge < -0.3 is 43.7 Å². The van der Waals surface area contributed by atoms with Gasteiger partial charge in [0.05, 0.1) is 18.3 Å². The third-order valence-electron chi connectivity index (χ3n) is 7.69. The van der Waals surface area contributed by atoms with Gasteiger partial charge in [0.25, 0.3) is 5.88 Å². The second-order valence-corrected chi connectivity index (χ2v) is 10.5. The molecule has 0 bridgehead atoms. The van der Waals surface area contributed by atoms with Crippen LogP contribution in [0.4, 0.5) is 0 Å². The van der Waals surface area contributed by atoms with Gasteiger partial charge in [-0.1, -0.05) is 6.07 Å². The molecule has 39 heavy (non-hydrogen) atoms. The molecule has 3 aliphatic rings. The first kappa shape index (κ1) is 29.1. The molecule has 1 aromatic carbocycles. The summed E-state index contributed by atoms with van der Waals surface area (Å²) in [6.45, 7) is 4.61. The lowest BCUT2D eigenvalue weighted by Gasteiger charge is -2.39. The van der Waals surface area contributed by atoms with Crippen molar-refractivity contribution in [2.24, 2.45) is 5.92 Å². The third-order valence-corrected chi connectivity index (χ3v) is 7.69. The Morgan fingerprint density at radius 3 is 2.44 bits per heavy atom. The highest BCUT2D eigenvalue weighted by Crippen LogP contribution is 2.37. The zero-order valence-corrected chi connectivity index (χ0v) is 22.3. The van der Waals surface area contributed by atoms with E-state index in [0.717, 1.165) is 75.7 Å². The van der Waals surface area contributed by atoms with Gasteiger partial charge in [-0.15, -0.1) is 0 Å². The minimum Gasteiger partial charge on any atom is -0.487 e. The molecule has 2 aromatic rings. The molecule has 0 radical (unpaired) electrons. The average molecular weight is 551 g/mol. The van der Waals surface area contributed by atoms with Gasteiger partial charge in [-0.2, -0.15) is 0 Å². The van der Waals surface area contributed by atoms with Crippen molar-refractivity contribution in [3.63, 3.8) is 0 Å². The Bertz CT molecular complexity index is 1080. The molecule has 0 spiro atoms. The first-order valence-electron chi connectivity index (χ1n) is 13.5. The molecule has 2 saturated heterocycles. The van der Waals surface area contributed by atoms with Crippen LogP contribution in [0.15, 0.2) is 22.7 Å². The molecule has 1 saturated carbocycles. The molecule has 1 aliphatic carbocycles. The highest BCUT2D eigenvalue weighted by atomic mass is 16.6. The summed E-state index contributed by atoms with van der Waals surface area (Å²) in [5, 5.41) is 30.6. The lowest BCUT2D eigenvalue weighted by Crippen LogP contribution is -2.49. The molecule has 5 rings (SSSR count). The molecular weight excluding hydrogens is 512 g/mol. The maximum atomic E-state index is 10.8. The second kappa shape index (κ2) is 13.4. The highest BCUT2D eigenvalue weighted by Gasteiger charge is 2.34. The standard InChI is InChI=1S/C25H36N2O6.C2H2O4/c1-29-19-4-2-5-20(19)32-21-6-3-7-22-23(21)24(26-33-22)31-16-18-8-12-27(13-9-18)17-25(28)10-14-30-15-11-25;3-1(4)2(5)6/h3,6-7,18-20,28H,2,4-5,8-17H2,1H3;(H,3,4)(H,5,6)/t19-,20+;/m0./s1. The largest absolute Gasteiger partial charge is 0.487 e. The Labute approximate surface area is 226 Å². The molecule has 0 unspecified atom stereocenters. The van der Waals surface area contributed by atoms with Crippen LogP contribution in [0.25, 0.3) is 11.0 Å². The molecule has 3 heterocycles. The van der Waals surface area contributed by atoms with E-state index in [9.17, 15) is 5.11 Å². The lowest BCUT2D eigenvalue weighted by atomic mass is 9.91. The van der Waals surface area contributed by atoms with Crippen LogP contribution in [0.2, 0.25) is 0 Å². The van der Waals surface area contributed by atoms with E-state index in [4.69, 9.17) is 43.3 Å². The summed E-state index contributed by atoms with van der Waals surface area (Å²) in [5.74, 6) is -1.94. The number of rotatable bonds is 8. The summed E-state index contributed by atoms with van der Waals surface area (Å²) in [5.41, 5.74) is 0.0765. The zero-order valence-electron chi connectivity index (χ0n) is 22.3. The van der Waals surface area contributed by atoms with Crippen LogP contribution in [-0.2, 0) is 19.1 Å². The molecule has 12 heteroatoms. The van der Waals surface area contributed by atoms with E-state index >= 15 is 0 Å². The van der Waals surface area contributed by atoms with Crippen molar-refractivity contribution in [3.8, 4) is 11.6 Å². The van der Waals surface area contributed by atoms with Gasteiger partial charge in [-0.05, 0) is 68.4 Å². The maximum absolute atomic E-state index is 10.8. The van der Waals surface area contributed by atoms with Crippen molar-refractivity contribution < 1.29 is 48.4 Å². The number of benzene rings is 1. The van der Waals surface area contributed by atoms with Gasteiger partial charge in [0.15, 0.2) is 5.58 Å². The molecule has 216 valence electrons. The van der Waals surface area contributed by atoms with Crippen LogP contribution in [0.3, 0.4) is 0 Å². The van der Waals surface area contributed by atoms with Crippen LogP contribution >= 0.6 is 0 Å². The second-order valence-electron chi connectivity index (χ2n) is 10.5. The van der Waals surface area contributed by atoms with Gasteiger partial charge in [-0.3, -0.25) is 0 Å². The number of nitrogens with zero attached hydrogens (tertiary/aromatic N) is 2. The van der Waals surface area contributed by atoms with Crippen molar-refractivity contribution in [1.29, 1.82) is 0 Å². The number of aliphatic hydroxyl groups is 1. The number of piperidine rings is 1. The van der Waals surface area contributed by atoms with Crippen LogP contribution in [0.5, 0.6) is 11.6 Å². The summed E-state index contributed by atoms with van der Waals surface area (Å²) in [6, 6.07) is 5.77. The van der Waals surface area contributed by atoms with E-state index in [-0.39, 0.29) is 12.2 Å². The van der Waals surface area contributed by atoms with Crippen LogP contribution < -0.4 is 9.47 Å². The molecule has 1 aromatic heterocycles. The molecule has 0 amide bonds. The van der Waals surface area contributed by atoms with Crippen LogP contribution in [0, 0.1) is 5.92 Å². The van der Waals surface area contributed by atoms with Crippen molar-refractivity contribution in [2.75, 3.05) is 46.6 Å². The molecule has 2 aliphatic heterocycles. The monoisotopic (exact) mass is 550 g/mol. The number of hydrogen-bond acceptors (Lipinski definition) is 10. The third kappa shape index (κ3) is 7.81. The van der Waals surface area contributed by atoms with Crippen LogP contribution in [-0.4, -0.2) is 102 Å². The number of carboxylic acids is 2. The molecular formula is C27H38N2O10. The number of methoxy groups -OCH3 is 1. The quantitative estimate of drug-likeness (QED) is 0.413. The number of carboxylic acid groups (broad SMARTS) is 2. The number of ether oxygens (including phenoxy) is 4. The SMILES string of the molecule is CO[C@H]1CCC[C@H]1Oc1cccc2onc(OCC3CCN(CC4(O)CCOCC4)CC3)c12.O=C(O)C(=O)O. The summed E-state index contributed by atoms with van der Waals surface area (Å²) in [4.78, 5) is 20.6. The topological polar surface area (TPSA) is 161 Å². The Morgan fingerprint density at radius 2 is 1.77 bits per heavy atom. The number of likely N-dealkylation sites (tertiary alicyclic amines) is 1. The predicted octanol–water partition coefficient (Wildman–Crippen LogP) is 2.56. The molecule has 12 nitrogen and oxygen atoms in total. The summed E-state index contributed by atoms with van der Waals surface area (Å²) >= 11 is 0.